The molecule has 0 spiro atoms. The monoisotopic (exact) mass is 220 g/mol. The Balaban J connectivity index is 1.69. The van der Waals surface area contributed by atoms with Gasteiger partial charge >= 0.3 is 0 Å². The number of rotatable bonds is 4. The SMILES string of the molecule is Cc1ccc(OCOC2CCCCC2)cc1. The highest BCUT2D eigenvalue weighted by Crippen LogP contribution is 2.20. The van der Waals surface area contributed by atoms with Crippen molar-refractivity contribution in [1.82, 2.24) is 0 Å². The minimum absolute atomic E-state index is 0.383. The van der Waals surface area contributed by atoms with Gasteiger partial charge in [-0.2, -0.15) is 0 Å². The van der Waals surface area contributed by atoms with Crippen molar-refractivity contribution >= 4 is 0 Å². The molecule has 2 heteroatoms. The summed E-state index contributed by atoms with van der Waals surface area (Å²) in [7, 11) is 0. The summed E-state index contributed by atoms with van der Waals surface area (Å²) in [5.74, 6) is 0.890. The zero-order valence-corrected chi connectivity index (χ0v) is 9.95. The number of aryl methyl sites for hydroxylation is 1. The zero-order valence-electron chi connectivity index (χ0n) is 9.95. The standard InChI is InChI=1S/C14H20O2/c1-12-7-9-14(10-8-12)16-11-15-13-5-3-2-4-6-13/h7-10,13H,2-6,11H2,1H3. The predicted octanol–water partition coefficient (Wildman–Crippen LogP) is 3.68. The molecule has 0 saturated heterocycles. The molecule has 0 heterocycles. The Kier molecular flexibility index (Phi) is 4.23. The van der Waals surface area contributed by atoms with Crippen LogP contribution in [0.4, 0.5) is 0 Å². The molecule has 2 rings (SSSR count). The van der Waals surface area contributed by atoms with Gasteiger partial charge in [0.2, 0.25) is 0 Å². The minimum Gasteiger partial charge on any atom is -0.468 e. The van der Waals surface area contributed by atoms with Gasteiger partial charge in [0.1, 0.15) is 5.75 Å². The van der Waals surface area contributed by atoms with Crippen LogP contribution < -0.4 is 4.74 Å². The van der Waals surface area contributed by atoms with E-state index in [9.17, 15) is 0 Å². The molecule has 0 amide bonds. The predicted molar refractivity (Wildman–Crippen MR) is 64.6 cm³/mol. The third-order valence-corrected chi connectivity index (χ3v) is 3.10. The first-order valence-corrected chi connectivity index (χ1v) is 6.16. The van der Waals surface area contributed by atoms with E-state index in [1.807, 2.05) is 12.1 Å². The van der Waals surface area contributed by atoms with Gasteiger partial charge in [-0.15, -0.1) is 0 Å². The van der Waals surface area contributed by atoms with E-state index in [2.05, 4.69) is 19.1 Å². The fraction of sp³-hybridized carbons (Fsp3) is 0.571. The second kappa shape index (κ2) is 5.90. The van der Waals surface area contributed by atoms with Gasteiger partial charge < -0.3 is 9.47 Å². The molecule has 1 aromatic carbocycles. The Morgan fingerprint density at radius 1 is 1.06 bits per heavy atom. The van der Waals surface area contributed by atoms with Gasteiger partial charge in [0.25, 0.3) is 0 Å². The molecule has 1 saturated carbocycles. The number of hydrogen-bond donors (Lipinski definition) is 0. The van der Waals surface area contributed by atoms with E-state index in [0.29, 0.717) is 12.9 Å². The molecule has 0 radical (unpaired) electrons. The van der Waals surface area contributed by atoms with Crippen molar-refractivity contribution in [2.75, 3.05) is 6.79 Å². The Hall–Kier alpha value is -1.02. The van der Waals surface area contributed by atoms with E-state index in [-0.39, 0.29) is 0 Å². The number of hydrogen-bond acceptors (Lipinski definition) is 2. The fourth-order valence-corrected chi connectivity index (χ4v) is 2.06. The van der Waals surface area contributed by atoms with E-state index in [1.165, 1.54) is 37.7 Å². The summed E-state index contributed by atoms with van der Waals surface area (Å²) in [6.45, 7) is 2.45. The minimum atomic E-state index is 0.383. The lowest BCUT2D eigenvalue weighted by atomic mass is 9.98. The molecular weight excluding hydrogens is 200 g/mol. The summed E-state index contributed by atoms with van der Waals surface area (Å²) in [6.07, 6.45) is 6.76. The molecule has 88 valence electrons. The first-order chi connectivity index (χ1) is 7.84. The summed E-state index contributed by atoms with van der Waals surface area (Å²) in [6, 6.07) is 8.07. The first kappa shape index (κ1) is 11.5. The average molecular weight is 220 g/mol. The fourth-order valence-electron chi connectivity index (χ4n) is 2.06. The Labute approximate surface area is 97.6 Å². The van der Waals surface area contributed by atoms with Gasteiger partial charge in [-0.05, 0) is 31.9 Å². The highest BCUT2D eigenvalue weighted by molar-refractivity contribution is 5.26. The molecule has 0 unspecified atom stereocenters. The largest absolute Gasteiger partial charge is 0.468 e. The Bertz CT molecular complexity index is 299. The van der Waals surface area contributed by atoms with Crippen molar-refractivity contribution < 1.29 is 9.47 Å². The van der Waals surface area contributed by atoms with Crippen molar-refractivity contribution in [2.24, 2.45) is 0 Å². The summed E-state index contributed by atoms with van der Waals surface area (Å²) in [5.41, 5.74) is 1.25. The molecule has 0 bridgehead atoms. The zero-order chi connectivity index (χ0) is 11.2. The maximum Gasteiger partial charge on any atom is 0.189 e. The molecule has 0 aromatic heterocycles. The van der Waals surface area contributed by atoms with Gasteiger partial charge in [0, 0.05) is 0 Å². The second-order valence-corrected chi connectivity index (χ2v) is 4.50. The van der Waals surface area contributed by atoms with Gasteiger partial charge in [-0.1, -0.05) is 37.0 Å². The molecule has 0 N–H and O–H groups in total. The van der Waals surface area contributed by atoms with Crippen LogP contribution in [0.5, 0.6) is 5.75 Å². The van der Waals surface area contributed by atoms with Crippen molar-refractivity contribution in [3.8, 4) is 5.75 Å². The second-order valence-electron chi connectivity index (χ2n) is 4.50. The van der Waals surface area contributed by atoms with Crippen LogP contribution in [0.2, 0.25) is 0 Å². The van der Waals surface area contributed by atoms with E-state index < -0.39 is 0 Å². The highest BCUT2D eigenvalue weighted by Gasteiger charge is 2.13. The average Bonchev–Trinajstić information content (AvgIpc) is 2.33. The van der Waals surface area contributed by atoms with Gasteiger partial charge in [0.05, 0.1) is 6.10 Å². The lowest BCUT2D eigenvalue weighted by molar-refractivity contribution is -0.0496. The van der Waals surface area contributed by atoms with E-state index >= 15 is 0 Å². The van der Waals surface area contributed by atoms with Crippen LogP contribution >= 0.6 is 0 Å². The van der Waals surface area contributed by atoms with Crippen LogP contribution in [0.1, 0.15) is 37.7 Å². The molecular formula is C14H20O2. The number of benzene rings is 1. The summed E-state index contributed by atoms with van der Waals surface area (Å²) >= 11 is 0. The molecule has 1 aromatic rings. The molecule has 16 heavy (non-hydrogen) atoms. The third kappa shape index (κ3) is 3.53. The summed E-state index contributed by atoms with van der Waals surface area (Å²) in [4.78, 5) is 0. The quantitative estimate of drug-likeness (QED) is 0.721. The van der Waals surface area contributed by atoms with Crippen molar-refractivity contribution in [3.63, 3.8) is 0 Å². The molecule has 0 aliphatic heterocycles. The van der Waals surface area contributed by atoms with Crippen LogP contribution in [0.15, 0.2) is 24.3 Å². The van der Waals surface area contributed by atoms with Crippen molar-refractivity contribution in [1.29, 1.82) is 0 Å². The van der Waals surface area contributed by atoms with E-state index in [1.54, 1.807) is 0 Å². The molecule has 1 fully saturated rings. The van der Waals surface area contributed by atoms with E-state index in [4.69, 9.17) is 9.47 Å². The van der Waals surface area contributed by atoms with Crippen molar-refractivity contribution in [2.45, 2.75) is 45.1 Å². The first-order valence-electron chi connectivity index (χ1n) is 6.16. The van der Waals surface area contributed by atoms with Crippen LogP contribution in [-0.4, -0.2) is 12.9 Å². The van der Waals surface area contributed by atoms with E-state index in [0.717, 1.165) is 5.75 Å². The van der Waals surface area contributed by atoms with Crippen molar-refractivity contribution in [3.05, 3.63) is 29.8 Å². The van der Waals surface area contributed by atoms with Gasteiger partial charge in [-0.25, -0.2) is 0 Å². The Morgan fingerprint density at radius 2 is 1.75 bits per heavy atom. The van der Waals surface area contributed by atoms with Gasteiger partial charge in [-0.3, -0.25) is 0 Å². The maximum atomic E-state index is 5.69. The lowest BCUT2D eigenvalue weighted by Crippen LogP contribution is -2.19. The van der Waals surface area contributed by atoms with Crippen LogP contribution in [0.25, 0.3) is 0 Å². The summed E-state index contributed by atoms with van der Waals surface area (Å²) in [5, 5.41) is 0. The molecule has 0 atom stereocenters. The smallest absolute Gasteiger partial charge is 0.189 e. The van der Waals surface area contributed by atoms with Crippen LogP contribution in [0.3, 0.4) is 0 Å². The topological polar surface area (TPSA) is 18.5 Å². The molecule has 1 aliphatic rings. The maximum absolute atomic E-state index is 5.69. The Morgan fingerprint density at radius 3 is 2.44 bits per heavy atom. The third-order valence-electron chi connectivity index (χ3n) is 3.10. The van der Waals surface area contributed by atoms with Crippen LogP contribution in [0, 0.1) is 6.92 Å². The molecule has 2 nitrogen and oxygen atoms in total. The van der Waals surface area contributed by atoms with Gasteiger partial charge in [0.15, 0.2) is 6.79 Å². The van der Waals surface area contributed by atoms with Crippen LogP contribution in [-0.2, 0) is 4.74 Å². The molecule has 1 aliphatic carbocycles. The number of ether oxygens (including phenoxy) is 2. The normalized spacial score (nSPS) is 17.3. The summed E-state index contributed by atoms with van der Waals surface area (Å²) < 4.78 is 11.2. The lowest BCUT2D eigenvalue weighted by Gasteiger charge is -2.21. The highest BCUT2D eigenvalue weighted by atomic mass is 16.7.